The van der Waals surface area contributed by atoms with Crippen molar-refractivity contribution in [3.63, 3.8) is 0 Å². The number of ether oxygens (including phenoxy) is 1. The van der Waals surface area contributed by atoms with Gasteiger partial charge in [0.2, 0.25) is 0 Å². The van der Waals surface area contributed by atoms with Gasteiger partial charge in [-0.05, 0) is 31.9 Å². The Bertz CT molecular complexity index is 364. The third kappa shape index (κ3) is 3.68. The highest BCUT2D eigenvalue weighted by molar-refractivity contribution is 5.42. The molecule has 0 radical (unpaired) electrons. The molecule has 1 N–H and O–H groups in total. The minimum absolute atomic E-state index is 0.679. The van der Waals surface area contributed by atoms with Gasteiger partial charge in [0.15, 0.2) is 0 Å². The number of pyridine rings is 1. The van der Waals surface area contributed by atoms with Crippen LogP contribution >= 0.6 is 0 Å². The van der Waals surface area contributed by atoms with Crippen LogP contribution in [0.15, 0.2) is 18.3 Å². The molecule has 1 aliphatic heterocycles. The van der Waals surface area contributed by atoms with Crippen LogP contribution < -0.4 is 5.32 Å². The maximum absolute atomic E-state index is 5.53. The molecule has 0 saturated carbocycles. The Morgan fingerprint density at radius 3 is 3.17 bits per heavy atom. The molecule has 1 aromatic heterocycles. The first kappa shape index (κ1) is 13.3. The number of nitrogens with zero attached hydrogens (tertiary/aromatic N) is 2. The average Bonchev–Trinajstić information content (AvgIpc) is 2.40. The topological polar surface area (TPSA) is 37.4 Å². The van der Waals surface area contributed by atoms with Crippen molar-refractivity contribution in [3.8, 4) is 0 Å². The number of hydrogen-bond acceptors (Lipinski definition) is 4. The normalized spacial score (nSPS) is 20.1. The van der Waals surface area contributed by atoms with E-state index < -0.39 is 0 Å². The minimum Gasteiger partial charge on any atom is -0.381 e. The van der Waals surface area contributed by atoms with Crippen molar-refractivity contribution in [2.45, 2.75) is 19.4 Å². The molecule has 2 rings (SSSR count). The summed E-state index contributed by atoms with van der Waals surface area (Å²) >= 11 is 0. The third-order valence-electron chi connectivity index (χ3n) is 3.39. The molecule has 0 spiro atoms. The number of hydrogen-bond donors (Lipinski definition) is 1. The fraction of sp³-hybridized carbons (Fsp3) is 0.643. The number of nitrogens with one attached hydrogen (secondary N) is 1. The Labute approximate surface area is 109 Å². The summed E-state index contributed by atoms with van der Waals surface area (Å²) in [6, 6.07) is 4.13. The lowest BCUT2D eigenvalue weighted by molar-refractivity contribution is 0.0411. The molecule has 1 aromatic rings. The van der Waals surface area contributed by atoms with E-state index in [0.29, 0.717) is 5.92 Å². The molecular weight excluding hydrogens is 226 g/mol. The van der Waals surface area contributed by atoms with Crippen LogP contribution in [0.1, 0.15) is 18.4 Å². The first-order chi connectivity index (χ1) is 8.79. The van der Waals surface area contributed by atoms with Gasteiger partial charge in [-0.15, -0.1) is 0 Å². The minimum atomic E-state index is 0.679. The van der Waals surface area contributed by atoms with Crippen LogP contribution in [0.2, 0.25) is 0 Å². The zero-order valence-corrected chi connectivity index (χ0v) is 11.4. The molecule has 4 heteroatoms. The lowest BCUT2D eigenvalue weighted by Gasteiger charge is -2.27. The summed E-state index contributed by atoms with van der Waals surface area (Å²) in [4.78, 5) is 6.69. The molecule has 1 aliphatic rings. The molecule has 1 atom stereocenters. The molecule has 0 amide bonds. The number of anilines is 1. The zero-order valence-electron chi connectivity index (χ0n) is 11.4. The van der Waals surface area contributed by atoms with Gasteiger partial charge in [0.05, 0.1) is 6.61 Å². The van der Waals surface area contributed by atoms with E-state index in [2.05, 4.69) is 28.3 Å². The maximum atomic E-state index is 5.53. The van der Waals surface area contributed by atoms with Crippen molar-refractivity contribution in [1.29, 1.82) is 0 Å². The number of aromatic nitrogens is 1. The van der Waals surface area contributed by atoms with E-state index in [1.54, 1.807) is 0 Å². The van der Waals surface area contributed by atoms with Crippen molar-refractivity contribution >= 4 is 5.82 Å². The second-order valence-electron chi connectivity index (χ2n) is 5.04. The molecular formula is C14H23N3O. The summed E-state index contributed by atoms with van der Waals surface area (Å²) < 4.78 is 5.53. The van der Waals surface area contributed by atoms with Crippen LogP contribution in [0.3, 0.4) is 0 Å². The van der Waals surface area contributed by atoms with E-state index >= 15 is 0 Å². The summed E-state index contributed by atoms with van der Waals surface area (Å²) in [5.41, 5.74) is 1.25. The fourth-order valence-electron chi connectivity index (χ4n) is 2.54. The molecule has 4 nitrogen and oxygen atoms in total. The first-order valence-electron chi connectivity index (χ1n) is 6.67. The Morgan fingerprint density at radius 2 is 2.44 bits per heavy atom. The van der Waals surface area contributed by atoms with Gasteiger partial charge in [-0.1, -0.05) is 6.07 Å². The second-order valence-corrected chi connectivity index (χ2v) is 5.04. The average molecular weight is 249 g/mol. The van der Waals surface area contributed by atoms with Gasteiger partial charge < -0.3 is 15.0 Å². The predicted molar refractivity (Wildman–Crippen MR) is 73.7 cm³/mol. The monoisotopic (exact) mass is 249 g/mol. The van der Waals surface area contributed by atoms with E-state index in [1.165, 1.54) is 18.4 Å². The van der Waals surface area contributed by atoms with E-state index in [1.807, 2.05) is 19.3 Å². The molecule has 1 fully saturated rings. The van der Waals surface area contributed by atoms with Gasteiger partial charge in [-0.25, -0.2) is 4.98 Å². The quantitative estimate of drug-likeness (QED) is 0.866. The van der Waals surface area contributed by atoms with Crippen molar-refractivity contribution in [2.24, 2.45) is 5.92 Å². The van der Waals surface area contributed by atoms with Gasteiger partial charge >= 0.3 is 0 Å². The fourth-order valence-corrected chi connectivity index (χ4v) is 2.54. The van der Waals surface area contributed by atoms with E-state index in [9.17, 15) is 0 Å². The second kappa shape index (κ2) is 6.71. The molecule has 2 heterocycles. The summed E-state index contributed by atoms with van der Waals surface area (Å²) in [6.07, 6.45) is 4.31. The standard InChI is InChI=1S/C14H23N3O/c1-15-14-13(6-3-7-16-14)10-17(2)9-12-5-4-8-18-11-12/h3,6-7,12H,4-5,8-11H2,1-2H3,(H,15,16). The largest absolute Gasteiger partial charge is 0.381 e. The van der Waals surface area contributed by atoms with Crippen LogP contribution in [0.4, 0.5) is 5.82 Å². The van der Waals surface area contributed by atoms with Gasteiger partial charge in [-0.3, -0.25) is 0 Å². The Hall–Kier alpha value is -1.13. The third-order valence-corrected chi connectivity index (χ3v) is 3.39. The van der Waals surface area contributed by atoms with E-state index in [0.717, 1.165) is 32.1 Å². The SMILES string of the molecule is CNc1ncccc1CN(C)CC1CCCOC1. The molecule has 100 valence electrons. The molecule has 0 aromatic carbocycles. The van der Waals surface area contributed by atoms with E-state index in [4.69, 9.17) is 4.74 Å². The van der Waals surface area contributed by atoms with Gasteiger partial charge in [-0.2, -0.15) is 0 Å². The van der Waals surface area contributed by atoms with Crippen LogP contribution in [-0.4, -0.2) is 43.7 Å². The van der Waals surface area contributed by atoms with Crippen LogP contribution in [0, 0.1) is 5.92 Å². The van der Waals surface area contributed by atoms with Crippen molar-refractivity contribution < 1.29 is 4.74 Å². The van der Waals surface area contributed by atoms with Gasteiger partial charge in [0.1, 0.15) is 5.82 Å². The lowest BCUT2D eigenvalue weighted by atomic mass is 10.0. The lowest BCUT2D eigenvalue weighted by Crippen LogP contribution is -2.30. The maximum Gasteiger partial charge on any atom is 0.130 e. The van der Waals surface area contributed by atoms with Crippen molar-refractivity contribution in [1.82, 2.24) is 9.88 Å². The van der Waals surface area contributed by atoms with Crippen LogP contribution in [0.25, 0.3) is 0 Å². The van der Waals surface area contributed by atoms with Crippen molar-refractivity contribution in [3.05, 3.63) is 23.9 Å². The molecule has 1 unspecified atom stereocenters. The highest BCUT2D eigenvalue weighted by Crippen LogP contribution is 2.17. The highest BCUT2D eigenvalue weighted by atomic mass is 16.5. The molecule has 1 saturated heterocycles. The predicted octanol–water partition coefficient (Wildman–Crippen LogP) is 1.98. The van der Waals surface area contributed by atoms with E-state index in [-0.39, 0.29) is 0 Å². The number of rotatable bonds is 5. The first-order valence-corrected chi connectivity index (χ1v) is 6.67. The Morgan fingerprint density at radius 1 is 1.56 bits per heavy atom. The summed E-state index contributed by atoms with van der Waals surface area (Å²) in [6.45, 7) is 3.88. The summed E-state index contributed by atoms with van der Waals surface area (Å²) in [5, 5.41) is 3.14. The summed E-state index contributed by atoms with van der Waals surface area (Å²) in [7, 11) is 4.09. The summed E-state index contributed by atoms with van der Waals surface area (Å²) in [5.74, 6) is 1.66. The Balaban J connectivity index is 1.87. The van der Waals surface area contributed by atoms with Gasteiger partial charge in [0.25, 0.3) is 0 Å². The molecule has 18 heavy (non-hydrogen) atoms. The smallest absolute Gasteiger partial charge is 0.130 e. The molecule has 0 aliphatic carbocycles. The zero-order chi connectivity index (χ0) is 12.8. The van der Waals surface area contributed by atoms with Gasteiger partial charge in [0, 0.05) is 38.5 Å². The highest BCUT2D eigenvalue weighted by Gasteiger charge is 2.16. The van der Waals surface area contributed by atoms with Crippen molar-refractivity contribution in [2.75, 3.05) is 39.2 Å². The molecule has 0 bridgehead atoms. The van der Waals surface area contributed by atoms with Crippen LogP contribution in [0.5, 0.6) is 0 Å². The van der Waals surface area contributed by atoms with Crippen LogP contribution in [-0.2, 0) is 11.3 Å². The Kier molecular flexibility index (Phi) is 4.96.